The van der Waals surface area contributed by atoms with E-state index in [-0.39, 0.29) is 0 Å². The Kier molecular flexibility index (Phi) is 15.9. The molecule has 350 valence electrons. The van der Waals surface area contributed by atoms with Crippen LogP contribution in [-0.2, 0) is 6.42 Å². The Hall–Kier alpha value is -12.5. The maximum absolute atomic E-state index is 4.99. The highest BCUT2D eigenvalue weighted by molar-refractivity contribution is 5.74. The van der Waals surface area contributed by atoms with Crippen LogP contribution in [-0.4, -0.2) is 29.9 Å². The van der Waals surface area contributed by atoms with Crippen LogP contribution < -0.4 is 0 Å². The molecule has 2 aromatic heterocycles. The monoisotopic (exact) mass is 980 g/mol. The largest absolute Gasteiger partial charge is 0.208 e. The minimum Gasteiger partial charge on any atom is -0.208 e. The van der Waals surface area contributed by atoms with Gasteiger partial charge in [0.2, 0.25) is 0 Å². The second kappa shape index (κ2) is 25.2. The van der Waals surface area contributed by atoms with Crippen molar-refractivity contribution in [2.75, 3.05) is 0 Å². The first-order chi connectivity index (χ1) is 38.6. The molecule has 11 heterocycles. The summed E-state index contributed by atoms with van der Waals surface area (Å²) in [5.41, 5.74) is 74.2. The second-order valence-electron chi connectivity index (χ2n) is 16.5. The number of nitrogens with zero attached hydrogens (tertiary/aromatic N) is 6. The van der Waals surface area contributed by atoms with Gasteiger partial charge in [-0.15, -0.1) is 0 Å². The molecule has 0 atom stereocenters. The summed E-state index contributed by atoms with van der Waals surface area (Å²) in [6, 6.07) is 47.8. The third kappa shape index (κ3) is 13.7. The van der Waals surface area contributed by atoms with E-state index in [1.165, 1.54) is 0 Å². The molecule has 9 aliphatic heterocycles. The van der Waals surface area contributed by atoms with E-state index in [2.05, 4.69) is 144 Å². The number of hydrogen-bond acceptors (Lipinski definition) is 6. The summed E-state index contributed by atoms with van der Waals surface area (Å²) in [5, 5.41) is 0. The van der Waals surface area contributed by atoms with Crippen LogP contribution in [0, 0.1) is 0 Å². The van der Waals surface area contributed by atoms with Crippen LogP contribution in [0.4, 0.5) is 0 Å². The predicted molar refractivity (Wildman–Crippen MR) is 304 cm³/mol. The number of hydrogen-bond donors (Lipinski definition) is 0. The maximum Gasteiger partial charge on any atom is 0.164 e. The zero-order valence-corrected chi connectivity index (χ0v) is 41.2. The second-order valence-corrected chi connectivity index (χ2v) is 16.5. The number of benzene rings is 6. The summed E-state index contributed by atoms with van der Waals surface area (Å²) in [4.78, 5) is 29.8. The lowest BCUT2D eigenvalue weighted by Gasteiger charge is -2.09. The molecule has 0 fully saturated rings. The van der Waals surface area contributed by atoms with Crippen LogP contribution >= 0.6 is 0 Å². The normalized spacial score (nSPS) is 11.5. The third-order valence-corrected chi connectivity index (χ3v) is 11.3. The van der Waals surface area contributed by atoms with E-state index in [4.69, 9.17) is 29.9 Å². The summed E-state index contributed by atoms with van der Waals surface area (Å²) in [5.74, 6) is 3.16. The third-order valence-electron chi connectivity index (χ3n) is 11.3. The molecule has 9 aliphatic rings. The summed E-state index contributed by atoms with van der Waals surface area (Å²) >= 11 is 0. The Morgan fingerprint density at radius 1 is 0.218 bits per heavy atom. The first-order valence-corrected chi connectivity index (χ1v) is 24.1. The van der Waals surface area contributed by atoms with Crippen molar-refractivity contribution in [2.24, 2.45) is 0 Å². The molecular weight excluding hydrogens is 949 g/mol. The van der Waals surface area contributed by atoms with Gasteiger partial charge in [0.05, 0.1) is 0 Å². The molecule has 0 saturated heterocycles. The molecule has 6 heteroatoms. The van der Waals surface area contributed by atoms with Gasteiger partial charge in [-0.3, -0.25) is 0 Å². The molecular formula is C72H32N6. The number of aromatic nitrogens is 6. The van der Waals surface area contributed by atoms with Crippen molar-refractivity contribution in [2.45, 2.75) is 6.42 Å². The Morgan fingerprint density at radius 3 is 0.705 bits per heavy atom. The Labute approximate surface area is 449 Å². The van der Waals surface area contributed by atoms with Crippen molar-refractivity contribution < 1.29 is 0 Å². The molecule has 0 unspecified atom stereocenters. The molecule has 0 spiro atoms. The fourth-order valence-electron chi connectivity index (χ4n) is 7.37. The molecule has 17 rings (SSSR count). The number of rotatable bonds is 0. The van der Waals surface area contributed by atoms with Gasteiger partial charge in [-0.2, -0.15) is 0 Å². The molecule has 0 N–H and O–H groups in total. The first-order valence-electron chi connectivity index (χ1n) is 24.1. The van der Waals surface area contributed by atoms with Crippen molar-refractivity contribution >= 4 is 30.4 Å². The molecule has 0 amide bonds. The van der Waals surface area contributed by atoms with E-state index >= 15 is 0 Å². The zero-order chi connectivity index (χ0) is 52.8. The first kappa shape index (κ1) is 49.1. The van der Waals surface area contributed by atoms with E-state index in [9.17, 15) is 0 Å². The van der Waals surface area contributed by atoms with Crippen LogP contribution in [0.1, 0.15) is 33.4 Å². The molecule has 6 nitrogen and oxygen atoms in total. The lowest BCUT2D eigenvalue weighted by Crippen LogP contribution is -2.00. The fraction of sp³-hybridized carbons (Fsp3) is 0.0139. The summed E-state index contributed by atoms with van der Waals surface area (Å²) in [6.45, 7) is 0. The van der Waals surface area contributed by atoms with Gasteiger partial charge in [0.25, 0.3) is 0 Å². The highest BCUT2D eigenvalue weighted by Crippen LogP contribution is 2.28. The number of fused-ring (bicyclic) bond motifs is 4. The average Bonchev–Trinajstić information content (AvgIpc) is 3.51. The van der Waals surface area contributed by atoms with Gasteiger partial charge >= 0.3 is 0 Å². The van der Waals surface area contributed by atoms with Gasteiger partial charge in [0.15, 0.2) is 34.9 Å². The van der Waals surface area contributed by atoms with Crippen molar-refractivity contribution in [1.29, 1.82) is 0 Å². The minimum absolute atomic E-state index is 0.514. The highest BCUT2D eigenvalue weighted by Gasteiger charge is 2.15. The maximum atomic E-state index is 4.99. The number of allylic oxidation sites excluding steroid dienone is 1. The standard InChI is InChI=1S/C72H32N6/c1-2-4-6-9-13-17-21-25-55-31-43-61(44-32-55)67-73-69-63-47-35-57(36-48-63)27-23-19-15-11-8-12-16-20-24-28-58-37-49-64(50-38-58)70-74-68(62-45-33-56(34-46-62)26-22-18-14-10-7-5-3-1)76-72(78-70)66-53-41-60(42-54-66)30-29-59-39-51-65(52-40-59)71(75-67)77-69/h23,25-26,28-54H,27H2/b30-29-. The van der Waals surface area contributed by atoms with Crippen LogP contribution in [0.3, 0.4) is 0 Å². The van der Waals surface area contributed by atoms with Crippen molar-refractivity contribution in [3.63, 3.8) is 0 Å². The van der Waals surface area contributed by atoms with Crippen LogP contribution in [0.2, 0.25) is 0 Å². The Balaban J connectivity index is 1.12. The summed E-state index contributed by atoms with van der Waals surface area (Å²) < 4.78 is 0. The Bertz CT molecular complexity index is 4750. The van der Waals surface area contributed by atoms with Crippen molar-refractivity contribution in [1.82, 2.24) is 29.9 Å². The molecule has 78 heavy (non-hydrogen) atoms. The zero-order valence-electron chi connectivity index (χ0n) is 41.2. The van der Waals surface area contributed by atoms with Gasteiger partial charge in [-0.1, -0.05) is 181 Å². The lowest BCUT2D eigenvalue weighted by atomic mass is 10.1. The quantitative estimate of drug-likeness (QED) is 0.141. The van der Waals surface area contributed by atoms with E-state index in [1.807, 2.05) is 152 Å². The smallest absolute Gasteiger partial charge is 0.164 e. The van der Waals surface area contributed by atoms with E-state index in [0.717, 1.165) is 66.8 Å². The summed E-state index contributed by atoms with van der Waals surface area (Å²) in [6.07, 6.45) is 12.0. The van der Waals surface area contributed by atoms with E-state index in [0.29, 0.717) is 41.4 Å². The molecule has 0 aliphatic carbocycles. The SMILES string of the molecule is C1=C=C=C=C=C=C=C=Cc2ccc(cc2)-c2nc3nc(n2)-c2ccc(cc2)/C=C\c2ccc(cc2)-c2nc(nc(n2)-c2ccc(cc2)CC=C=C=C=C=C=C=C=C=Cc2ccc-3cc2)-c2ccc(cc2)C=C=C=C=C=C=C=C=1. The van der Waals surface area contributed by atoms with Gasteiger partial charge in [0.1, 0.15) is 0 Å². The summed E-state index contributed by atoms with van der Waals surface area (Å²) in [7, 11) is 0. The van der Waals surface area contributed by atoms with Crippen LogP contribution in [0.15, 0.2) is 283 Å². The topological polar surface area (TPSA) is 77.3 Å². The molecule has 0 saturated carbocycles. The fourth-order valence-corrected chi connectivity index (χ4v) is 7.37. The average molecular weight is 981 g/mol. The van der Waals surface area contributed by atoms with Gasteiger partial charge < -0.3 is 0 Å². The van der Waals surface area contributed by atoms with Crippen molar-refractivity contribution in [3.05, 3.63) is 317 Å². The van der Waals surface area contributed by atoms with Gasteiger partial charge in [-0.05, 0) is 173 Å². The minimum atomic E-state index is 0.514. The van der Waals surface area contributed by atoms with Gasteiger partial charge in [0, 0.05) is 33.4 Å². The molecule has 6 aromatic carbocycles. The van der Waals surface area contributed by atoms with E-state index < -0.39 is 0 Å². The predicted octanol–water partition coefficient (Wildman–Crippen LogP) is 14.8. The lowest BCUT2D eigenvalue weighted by molar-refractivity contribution is 1.07. The molecule has 18 bridgehead atoms. The highest BCUT2D eigenvalue weighted by atomic mass is 15.0. The molecule has 8 aromatic rings. The van der Waals surface area contributed by atoms with Gasteiger partial charge in [-0.25, -0.2) is 29.9 Å². The Morgan fingerprint density at radius 2 is 0.436 bits per heavy atom. The molecule has 0 radical (unpaired) electrons. The van der Waals surface area contributed by atoms with Crippen molar-refractivity contribution in [3.8, 4) is 68.3 Å². The van der Waals surface area contributed by atoms with Crippen LogP contribution in [0.5, 0.6) is 0 Å². The van der Waals surface area contributed by atoms with Crippen LogP contribution in [0.25, 0.3) is 98.7 Å². The van der Waals surface area contributed by atoms with E-state index in [1.54, 1.807) is 18.2 Å².